The molecular weight excluding hydrogens is 318 g/mol. The molecule has 2 aromatic rings. The van der Waals surface area contributed by atoms with Crippen LogP contribution in [0.5, 0.6) is 0 Å². The zero-order chi connectivity index (χ0) is 16.7. The smallest absolute Gasteiger partial charge is 0.242 e. The molecule has 1 aromatic carbocycles. The highest BCUT2D eigenvalue weighted by Gasteiger charge is 2.42. The number of hydrogen-bond donors (Lipinski definition) is 0. The molecule has 120 valence electrons. The molecule has 23 heavy (non-hydrogen) atoms. The maximum absolute atomic E-state index is 14.2. The van der Waals surface area contributed by atoms with Gasteiger partial charge in [0.2, 0.25) is 5.91 Å². The van der Waals surface area contributed by atoms with Crippen LogP contribution in [0.2, 0.25) is 0 Å². The number of aromatic nitrogens is 1. The van der Waals surface area contributed by atoms with Gasteiger partial charge in [0.05, 0.1) is 10.8 Å². The summed E-state index contributed by atoms with van der Waals surface area (Å²) in [5.74, 6) is -1.07. The standard InChI is InChI=1S/C17H16F2N2OS/c1-9-7-10(2)20-14(8-9)21-16(22)11(3)23-17(21)15-12(18)5-4-6-13(15)19/h4-8,11,17H,1-3H3/t11-,17+/m1/s1. The predicted octanol–water partition coefficient (Wildman–Crippen LogP) is 4.14. The maximum atomic E-state index is 14.2. The van der Waals surface area contributed by atoms with Gasteiger partial charge < -0.3 is 0 Å². The summed E-state index contributed by atoms with van der Waals surface area (Å²) in [7, 11) is 0. The van der Waals surface area contributed by atoms with Crippen LogP contribution < -0.4 is 4.90 Å². The third kappa shape index (κ3) is 2.83. The molecule has 0 saturated carbocycles. The number of carbonyl (C=O) groups is 1. The van der Waals surface area contributed by atoms with Gasteiger partial charge in [-0.05, 0) is 50.6 Å². The predicted molar refractivity (Wildman–Crippen MR) is 87.3 cm³/mol. The number of anilines is 1. The molecule has 1 fully saturated rings. The summed E-state index contributed by atoms with van der Waals surface area (Å²) in [4.78, 5) is 18.3. The Morgan fingerprint density at radius 1 is 1.17 bits per heavy atom. The van der Waals surface area contributed by atoms with Gasteiger partial charge >= 0.3 is 0 Å². The fourth-order valence-electron chi connectivity index (χ4n) is 2.74. The minimum absolute atomic E-state index is 0.101. The molecule has 1 saturated heterocycles. The third-order valence-electron chi connectivity index (χ3n) is 3.73. The van der Waals surface area contributed by atoms with E-state index < -0.39 is 17.0 Å². The SMILES string of the molecule is Cc1cc(C)nc(N2C(=O)[C@@H](C)S[C@H]2c2c(F)cccc2F)c1. The van der Waals surface area contributed by atoms with Crippen molar-refractivity contribution in [2.75, 3.05) is 4.90 Å². The summed E-state index contributed by atoms with van der Waals surface area (Å²) >= 11 is 1.23. The number of pyridine rings is 1. The second-order valence-electron chi connectivity index (χ2n) is 5.62. The topological polar surface area (TPSA) is 33.2 Å². The average molecular weight is 334 g/mol. The van der Waals surface area contributed by atoms with Gasteiger partial charge in [0.1, 0.15) is 22.8 Å². The van der Waals surface area contributed by atoms with Crippen molar-refractivity contribution in [3.8, 4) is 0 Å². The first-order valence-corrected chi connectivity index (χ1v) is 8.20. The number of benzene rings is 1. The number of nitrogens with zero attached hydrogens (tertiary/aromatic N) is 2. The van der Waals surface area contributed by atoms with Crippen molar-refractivity contribution >= 4 is 23.5 Å². The van der Waals surface area contributed by atoms with E-state index in [1.54, 1.807) is 13.0 Å². The van der Waals surface area contributed by atoms with Crippen LogP contribution in [0.25, 0.3) is 0 Å². The number of thioether (sulfide) groups is 1. The van der Waals surface area contributed by atoms with Gasteiger partial charge in [-0.3, -0.25) is 9.69 Å². The minimum Gasteiger partial charge on any atom is -0.279 e. The number of hydrogen-bond acceptors (Lipinski definition) is 3. The van der Waals surface area contributed by atoms with Gasteiger partial charge in [-0.1, -0.05) is 6.07 Å². The minimum atomic E-state index is -0.757. The summed E-state index contributed by atoms with van der Waals surface area (Å²) < 4.78 is 28.4. The fourth-order valence-corrected chi connectivity index (χ4v) is 4.06. The third-order valence-corrected chi connectivity index (χ3v) is 5.04. The van der Waals surface area contributed by atoms with Crippen molar-refractivity contribution in [3.05, 3.63) is 58.8 Å². The molecule has 3 nitrogen and oxygen atoms in total. The summed E-state index contributed by atoms with van der Waals surface area (Å²) in [5, 5.41) is -1.14. The van der Waals surface area contributed by atoms with Crippen molar-refractivity contribution in [1.82, 2.24) is 4.98 Å². The number of aryl methyl sites for hydroxylation is 2. The molecular formula is C17H16F2N2OS. The van der Waals surface area contributed by atoms with E-state index in [1.807, 2.05) is 19.9 Å². The molecule has 0 unspecified atom stereocenters. The Bertz CT molecular complexity index is 741. The number of rotatable bonds is 2. The van der Waals surface area contributed by atoms with E-state index in [0.29, 0.717) is 5.82 Å². The van der Waals surface area contributed by atoms with Crippen molar-refractivity contribution in [2.24, 2.45) is 0 Å². The van der Waals surface area contributed by atoms with Gasteiger partial charge in [-0.15, -0.1) is 11.8 Å². The lowest BCUT2D eigenvalue weighted by Gasteiger charge is -2.24. The van der Waals surface area contributed by atoms with E-state index >= 15 is 0 Å². The second kappa shape index (κ2) is 5.92. The Kier molecular flexibility index (Phi) is 4.10. The Balaban J connectivity index is 2.14. The molecule has 1 amide bonds. The Morgan fingerprint density at radius 3 is 2.43 bits per heavy atom. The number of halogens is 2. The van der Waals surface area contributed by atoms with Crippen molar-refractivity contribution in [3.63, 3.8) is 0 Å². The summed E-state index contributed by atoms with van der Waals surface area (Å²) in [6.45, 7) is 5.46. The van der Waals surface area contributed by atoms with Gasteiger partial charge in [-0.25, -0.2) is 13.8 Å². The first-order chi connectivity index (χ1) is 10.9. The highest BCUT2D eigenvalue weighted by Crippen LogP contribution is 2.46. The van der Waals surface area contributed by atoms with E-state index in [1.165, 1.54) is 34.9 Å². The van der Waals surface area contributed by atoms with E-state index in [0.717, 1.165) is 11.3 Å². The normalized spacial score (nSPS) is 21.1. The average Bonchev–Trinajstić information content (AvgIpc) is 2.73. The Labute approximate surface area is 137 Å². The quantitative estimate of drug-likeness (QED) is 0.827. The highest BCUT2D eigenvalue weighted by molar-refractivity contribution is 8.01. The zero-order valence-corrected chi connectivity index (χ0v) is 13.8. The van der Waals surface area contributed by atoms with Gasteiger partial charge in [-0.2, -0.15) is 0 Å². The van der Waals surface area contributed by atoms with E-state index in [-0.39, 0.29) is 16.7 Å². The number of amides is 1. The molecule has 0 spiro atoms. The highest BCUT2D eigenvalue weighted by atomic mass is 32.2. The van der Waals surface area contributed by atoms with E-state index in [2.05, 4.69) is 4.98 Å². The molecule has 0 bridgehead atoms. The molecule has 3 rings (SSSR count). The van der Waals surface area contributed by atoms with Crippen LogP contribution in [0.1, 0.15) is 29.1 Å². The molecule has 1 aliphatic heterocycles. The first kappa shape index (κ1) is 15.9. The molecule has 1 aliphatic rings. The summed E-state index contributed by atoms with van der Waals surface area (Å²) in [6.07, 6.45) is 0. The summed E-state index contributed by atoms with van der Waals surface area (Å²) in [6, 6.07) is 7.38. The Hall–Kier alpha value is -1.95. The van der Waals surface area contributed by atoms with Crippen LogP contribution in [-0.4, -0.2) is 16.1 Å². The van der Waals surface area contributed by atoms with Crippen LogP contribution in [-0.2, 0) is 4.79 Å². The van der Waals surface area contributed by atoms with E-state index in [9.17, 15) is 13.6 Å². The van der Waals surface area contributed by atoms with Crippen LogP contribution in [0.3, 0.4) is 0 Å². The molecule has 2 heterocycles. The van der Waals surface area contributed by atoms with Crippen LogP contribution >= 0.6 is 11.8 Å². The molecule has 0 aliphatic carbocycles. The van der Waals surface area contributed by atoms with Crippen molar-refractivity contribution in [1.29, 1.82) is 0 Å². The fraction of sp³-hybridized carbons (Fsp3) is 0.294. The lowest BCUT2D eigenvalue weighted by molar-refractivity contribution is -0.117. The van der Waals surface area contributed by atoms with Crippen molar-refractivity contribution in [2.45, 2.75) is 31.4 Å². The zero-order valence-electron chi connectivity index (χ0n) is 13.0. The van der Waals surface area contributed by atoms with Crippen LogP contribution in [0.4, 0.5) is 14.6 Å². The Morgan fingerprint density at radius 2 is 1.83 bits per heavy atom. The molecule has 0 radical (unpaired) electrons. The molecule has 1 aromatic heterocycles. The second-order valence-corrected chi connectivity index (χ2v) is 7.04. The van der Waals surface area contributed by atoms with Crippen LogP contribution in [0.15, 0.2) is 30.3 Å². The largest absolute Gasteiger partial charge is 0.279 e. The summed E-state index contributed by atoms with van der Waals surface area (Å²) in [5.41, 5.74) is 1.60. The lowest BCUT2D eigenvalue weighted by Crippen LogP contribution is -2.31. The van der Waals surface area contributed by atoms with E-state index in [4.69, 9.17) is 0 Å². The molecule has 0 N–H and O–H groups in total. The van der Waals surface area contributed by atoms with Crippen molar-refractivity contribution < 1.29 is 13.6 Å². The first-order valence-electron chi connectivity index (χ1n) is 7.26. The monoisotopic (exact) mass is 334 g/mol. The van der Waals surface area contributed by atoms with Crippen LogP contribution in [0, 0.1) is 25.5 Å². The molecule has 2 atom stereocenters. The molecule has 6 heteroatoms. The van der Waals surface area contributed by atoms with Gasteiger partial charge in [0, 0.05) is 5.69 Å². The van der Waals surface area contributed by atoms with Gasteiger partial charge in [0.25, 0.3) is 0 Å². The number of carbonyl (C=O) groups excluding carboxylic acids is 1. The van der Waals surface area contributed by atoms with Gasteiger partial charge in [0.15, 0.2) is 0 Å². The maximum Gasteiger partial charge on any atom is 0.242 e. The lowest BCUT2D eigenvalue weighted by atomic mass is 10.1.